The molecule has 1 unspecified atom stereocenters. The number of methoxy groups -OCH3 is 2. The zero-order chi connectivity index (χ0) is 22.0. The summed E-state index contributed by atoms with van der Waals surface area (Å²) in [5.74, 6) is -0.436. The van der Waals surface area contributed by atoms with Gasteiger partial charge in [-0.1, -0.05) is 36.4 Å². The average Bonchev–Trinajstić information content (AvgIpc) is 2.81. The number of carbonyl (C=O) groups excluding carboxylic acids is 2. The molecule has 31 heavy (non-hydrogen) atoms. The van der Waals surface area contributed by atoms with Crippen molar-refractivity contribution in [3.63, 3.8) is 0 Å². The number of esters is 2. The van der Waals surface area contributed by atoms with Crippen LogP contribution in [0.25, 0.3) is 32.9 Å². The van der Waals surface area contributed by atoms with Gasteiger partial charge in [0, 0.05) is 10.9 Å². The van der Waals surface area contributed by atoms with E-state index >= 15 is 0 Å². The molecule has 0 radical (unpaired) electrons. The van der Waals surface area contributed by atoms with Crippen LogP contribution in [0, 0.1) is 0 Å². The molecule has 1 heterocycles. The highest BCUT2D eigenvalue weighted by Gasteiger charge is 2.22. The van der Waals surface area contributed by atoms with Gasteiger partial charge in [0.1, 0.15) is 5.75 Å². The van der Waals surface area contributed by atoms with Crippen molar-refractivity contribution in [3.8, 4) is 17.0 Å². The van der Waals surface area contributed by atoms with Gasteiger partial charge in [0.2, 0.25) is 0 Å². The quantitative estimate of drug-likeness (QED) is 0.437. The van der Waals surface area contributed by atoms with Crippen LogP contribution < -0.4 is 4.74 Å². The molecule has 0 N–H and O–H groups in total. The third-order valence-electron chi connectivity index (χ3n) is 5.10. The Morgan fingerprint density at radius 2 is 1.65 bits per heavy atom. The van der Waals surface area contributed by atoms with Crippen LogP contribution in [0.3, 0.4) is 0 Å². The summed E-state index contributed by atoms with van der Waals surface area (Å²) in [6, 6.07) is 20.8. The SMILES string of the molecule is COC(=O)C(C)OC(=O)c1cc(-c2ccc3cc(OC)ccc3c2)nc2ccccc12. The Bertz CT molecular complexity index is 1300. The van der Waals surface area contributed by atoms with Crippen LogP contribution in [0.2, 0.25) is 0 Å². The number of nitrogens with zero attached hydrogens (tertiary/aromatic N) is 1. The van der Waals surface area contributed by atoms with Gasteiger partial charge in [0.25, 0.3) is 0 Å². The Hall–Kier alpha value is -3.93. The van der Waals surface area contributed by atoms with E-state index in [1.54, 1.807) is 19.2 Å². The van der Waals surface area contributed by atoms with E-state index in [4.69, 9.17) is 14.5 Å². The number of hydrogen-bond donors (Lipinski definition) is 0. The number of pyridine rings is 1. The molecule has 1 atom stereocenters. The molecule has 0 aliphatic rings. The fraction of sp³-hybridized carbons (Fsp3) is 0.160. The summed E-state index contributed by atoms with van der Waals surface area (Å²) < 4.78 is 15.3. The maximum atomic E-state index is 12.9. The van der Waals surface area contributed by atoms with Crippen molar-refractivity contribution in [1.82, 2.24) is 4.98 Å². The zero-order valence-electron chi connectivity index (χ0n) is 17.4. The van der Waals surface area contributed by atoms with E-state index in [1.165, 1.54) is 14.0 Å². The van der Waals surface area contributed by atoms with Gasteiger partial charge in [0.05, 0.1) is 31.0 Å². The normalized spacial score (nSPS) is 11.8. The van der Waals surface area contributed by atoms with Gasteiger partial charge in [-0.05, 0) is 48.0 Å². The van der Waals surface area contributed by atoms with E-state index in [2.05, 4.69) is 4.74 Å². The summed E-state index contributed by atoms with van der Waals surface area (Å²) in [4.78, 5) is 29.3. The molecular formula is C25H21NO5. The highest BCUT2D eigenvalue weighted by atomic mass is 16.6. The number of carbonyl (C=O) groups is 2. The molecule has 0 fully saturated rings. The number of hydrogen-bond acceptors (Lipinski definition) is 6. The molecule has 0 amide bonds. The maximum absolute atomic E-state index is 12.9. The van der Waals surface area contributed by atoms with Crippen molar-refractivity contribution >= 4 is 33.6 Å². The lowest BCUT2D eigenvalue weighted by Gasteiger charge is -2.13. The number of para-hydroxylation sites is 1. The van der Waals surface area contributed by atoms with Gasteiger partial charge in [-0.15, -0.1) is 0 Å². The standard InChI is InChI=1S/C25H21NO5/c1-15(24(27)30-3)31-25(28)21-14-23(26-22-7-5-4-6-20(21)22)18-9-8-17-13-19(29-2)11-10-16(17)12-18/h4-15H,1-3H3. The topological polar surface area (TPSA) is 74.7 Å². The van der Waals surface area contributed by atoms with Crippen LogP contribution in [-0.4, -0.2) is 37.2 Å². The summed E-state index contributed by atoms with van der Waals surface area (Å²) in [5.41, 5.74) is 2.49. The van der Waals surface area contributed by atoms with Gasteiger partial charge in [-0.25, -0.2) is 14.6 Å². The monoisotopic (exact) mass is 415 g/mol. The van der Waals surface area contributed by atoms with Crippen LogP contribution in [0.15, 0.2) is 66.7 Å². The number of benzene rings is 3. The van der Waals surface area contributed by atoms with Gasteiger partial charge in [-0.2, -0.15) is 0 Å². The fourth-order valence-corrected chi connectivity index (χ4v) is 3.44. The Morgan fingerprint density at radius 1 is 0.903 bits per heavy atom. The largest absolute Gasteiger partial charge is 0.497 e. The van der Waals surface area contributed by atoms with Crippen molar-refractivity contribution in [2.75, 3.05) is 14.2 Å². The molecule has 0 aliphatic heterocycles. The summed E-state index contributed by atoms with van der Waals surface area (Å²) in [7, 11) is 2.89. The van der Waals surface area contributed by atoms with Crippen molar-refractivity contribution in [2.45, 2.75) is 13.0 Å². The molecule has 156 valence electrons. The molecule has 4 rings (SSSR count). The molecule has 0 bridgehead atoms. The summed E-state index contributed by atoms with van der Waals surface area (Å²) in [5, 5.41) is 2.71. The summed E-state index contributed by atoms with van der Waals surface area (Å²) in [6.45, 7) is 1.48. The summed E-state index contributed by atoms with van der Waals surface area (Å²) >= 11 is 0. The second-order valence-corrected chi connectivity index (χ2v) is 7.07. The Labute approximate surface area is 179 Å². The van der Waals surface area contributed by atoms with Crippen LogP contribution in [-0.2, 0) is 14.3 Å². The highest BCUT2D eigenvalue weighted by molar-refractivity contribution is 6.05. The van der Waals surface area contributed by atoms with Crippen LogP contribution >= 0.6 is 0 Å². The first-order valence-electron chi connectivity index (χ1n) is 9.77. The first-order chi connectivity index (χ1) is 15.0. The first kappa shape index (κ1) is 20.3. The number of ether oxygens (including phenoxy) is 3. The molecule has 0 spiro atoms. The molecule has 0 aliphatic carbocycles. The molecule has 6 heteroatoms. The van der Waals surface area contributed by atoms with E-state index in [-0.39, 0.29) is 0 Å². The molecule has 4 aromatic rings. The zero-order valence-corrected chi connectivity index (χ0v) is 17.4. The Morgan fingerprint density at radius 3 is 2.42 bits per heavy atom. The third kappa shape index (κ3) is 4.05. The van der Waals surface area contributed by atoms with Gasteiger partial charge < -0.3 is 14.2 Å². The second kappa shape index (κ2) is 8.44. The number of rotatable bonds is 5. The van der Waals surface area contributed by atoms with Crippen molar-refractivity contribution in [1.29, 1.82) is 0 Å². The third-order valence-corrected chi connectivity index (χ3v) is 5.10. The minimum absolute atomic E-state index is 0.339. The molecule has 1 aromatic heterocycles. The lowest BCUT2D eigenvalue weighted by atomic mass is 10.0. The maximum Gasteiger partial charge on any atom is 0.346 e. The Kier molecular flexibility index (Phi) is 5.54. The van der Waals surface area contributed by atoms with Gasteiger partial charge in [0.15, 0.2) is 6.10 Å². The molecule has 6 nitrogen and oxygen atoms in total. The summed E-state index contributed by atoms with van der Waals surface area (Å²) in [6.07, 6.45) is -1.01. The second-order valence-electron chi connectivity index (χ2n) is 7.07. The molecule has 0 saturated carbocycles. The van der Waals surface area contributed by atoms with E-state index in [0.29, 0.717) is 22.2 Å². The highest BCUT2D eigenvalue weighted by Crippen LogP contribution is 2.29. The number of aromatic nitrogens is 1. The molecular weight excluding hydrogens is 394 g/mol. The molecule has 3 aromatic carbocycles. The van der Waals surface area contributed by atoms with E-state index in [1.807, 2.05) is 54.6 Å². The van der Waals surface area contributed by atoms with Gasteiger partial charge in [-0.3, -0.25) is 0 Å². The minimum Gasteiger partial charge on any atom is -0.497 e. The van der Waals surface area contributed by atoms with Crippen molar-refractivity contribution in [3.05, 3.63) is 72.3 Å². The predicted octanol–water partition coefficient (Wildman–Crippen LogP) is 4.78. The van der Waals surface area contributed by atoms with Crippen LogP contribution in [0.1, 0.15) is 17.3 Å². The predicted molar refractivity (Wildman–Crippen MR) is 118 cm³/mol. The number of fused-ring (bicyclic) bond motifs is 2. The fourth-order valence-electron chi connectivity index (χ4n) is 3.44. The van der Waals surface area contributed by atoms with E-state index in [0.717, 1.165) is 22.1 Å². The van der Waals surface area contributed by atoms with E-state index < -0.39 is 18.0 Å². The minimum atomic E-state index is -1.01. The lowest BCUT2D eigenvalue weighted by Crippen LogP contribution is -2.25. The van der Waals surface area contributed by atoms with Crippen LogP contribution in [0.4, 0.5) is 0 Å². The lowest BCUT2D eigenvalue weighted by molar-refractivity contribution is -0.149. The van der Waals surface area contributed by atoms with Crippen molar-refractivity contribution < 1.29 is 23.8 Å². The first-order valence-corrected chi connectivity index (χ1v) is 9.77. The Balaban J connectivity index is 1.79. The van der Waals surface area contributed by atoms with Crippen LogP contribution in [0.5, 0.6) is 5.75 Å². The smallest absolute Gasteiger partial charge is 0.346 e. The average molecular weight is 415 g/mol. The van der Waals surface area contributed by atoms with Crippen molar-refractivity contribution in [2.24, 2.45) is 0 Å². The van der Waals surface area contributed by atoms with Gasteiger partial charge >= 0.3 is 11.9 Å². The van der Waals surface area contributed by atoms with E-state index in [9.17, 15) is 9.59 Å². The molecule has 0 saturated heterocycles.